The third kappa shape index (κ3) is 3.53. The topological polar surface area (TPSA) is 55.6 Å². The maximum absolute atomic E-state index is 12.8. The zero-order chi connectivity index (χ0) is 15.1. The summed E-state index contributed by atoms with van der Waals surface area (Å²) in [6.45, 7) is 11.8. The molecule has 20 heavy (non-hydrogen) atoms. The van der Waals surface area contributed by atoms with Crippen molar-refractivity contribution >= 4 is 5.91 Å². The minimum atomic E-state index is -0.270. The van der Waals surface area contributed by atoms with Crippen molar-refractivity contribution in [2.45, 2.75) is 71.1 Å². The highest BCUT2D eigenvalue weighted by molar-refractivity contribution is 5.79. The van der Waals surface area contributed by atoms with Gasteiger partial charge in [-0.05, 0) is 52.9 Å². The standard InChI is InChI=1S/C16H30N2O2/c1-11-8-12(6-7-13(11)17)14(19)18-9-15(2,3)20-16(4,5)10-18/h11-13H,6-10,17H2,1-5H3. The summed E-state index contributed by atoms with van der Waals surface area (Å²) in [6, 6.07) is 0.261. The first-order chi connectivity index (χ1) is 9.10. The number of carbonyl (C=O) groups excluding carboxylic acids is 1. The molecule has 1 aliphatic carbocycles. The Hall–Kier alpha value is -0.610. The summed E-state index contributed by atoms with van der Waals surface area (Å²) in [7, 11) is 0. The summed E-state index contributed by atoms with van der Waals surface area (Å²) < 4.78 is 6.05. The van der Waals surface area contributed by atoms with E-state index >= 15 is 0 Å². The van der Waals surface area contributed by atoms with E-state index in [1.165, 1.54) is 0 Å². The van der Waals surface area contributed by atoms with Gasteiger partial charge in [0.05, 0.1) is 11.2 Å². The second-order valence-electron chi connectivity index (χ2n) is 7.97. The third-order valence-electron chi connectivity index (χ3n) is 4.59. The Morgan fingerprint density at radius 1 is 1.15 bits per heavy atom. The van der Waals surface area contributed by atoms with E-state index in [0.717, 1.165) is 19.3 Å². The van der Waals surface area contributed by atoms with E-state index in [4.69, 9.17) is 10.5 Å². The van der Waals surface area contributed by atoms with E-state index < -0.39 is 0 Å². The summed E-state index contributed by atoms with van der Waals surface area (Å²) in [5, 5.41) is 0. The summed E-state index contributed by atoms with van der Waals surface area (Å²) >= 11 is 0. The lowest BCUT2D eigenvalue weighted by molar-refractivity contribution is -0.190. The molecule has 2 rings (SSSR count). The van der Waals surface area contributed by atoms with Crippen molar-refractivity contribution in [3.05, 3.63) is 0 Å². The summed E-state index contributed by atoms with van der Waals surface area (Å²) in [4.78, 5) is 14.8. The van der Waals surface area contributed by atoms with Crippen molar-refractivity contribution in [1.29, 1.82) is 0 Å². The fourth-order valence-corrected chi connectivity index (χ4v) is 3.85. The molecule has 0 aromatic rings. The molecular weight excluding hydrogens is 252 g/mol. The Balaban J connectivity index is 2.05. The third-order valence-corrected chi connectivity index (χ3v) is 4.59. The zero-order valence-corrected chi connectivity index (χ0v) is 13.6. The van der Waals surface area contributed by atoms with Gasteiger partial charge in [0, 0.05) is 25.0 Å². The van der Waals surface area contributed by atoms with Crippen LogP contribution in [0.1, 0.15) is 53.9 Å². The number of morpholine rings is 1. The number of ether oxygens (including phenoxy) is 1. The van der Waals surface area contributed by atoms with E-state index in [1.807, 2.05) is 4.90 Å². The van der Waals surface area contributed by atoms with Gasteiger partial charge in [-0.3, -0.25) is 4.79 Å². The van der Waals surface area contributed by atoms with Crippen LogP contribution in [0, 0.1) is 11.8 Å². The van der Waals surface area contributed by atoms with E-state index in [1.54, 1.807) is 0 Å². The predicted octanol–water partition coefficient (Wildman–Crippen LogP) is 2.17. The van der Waals surface area contributed by atoms with Crippen LogP contribution in [0.2, 0.25) is 0 Å². The molecule has 1 amide bonds. The maximum atomic E-state index is 12.8. The van der Waals surface area contributed by atoms with Gasteiger partial charge in [-0.25, -0.2) is 0 Å². The average molecular weight is 282 g/mol. The molecule has 0 radical (unpaired) electrons. The Labute approximate surface area is 123 Å². The molecule has 0 spiro atoms. The van der Waals surface area contributed by atoms with Gasteiger partial charge in [0.25, 0.3) is 0 Å². The number of nitrogens with zero attached hydrogens (tertiary/aromatic N) is 1. The molecule has 4 heteroatoms. The van der Waals surface area contributed by atoms with Gasteiger partial charge in [-0.1, -0.05) is 6.92 Å². The zero-order valence-electron chi connectivity index (χ0n) is 13.6. The van der Waals surface area contributed by atoms with Crippen LogP contribution in [0.25, 0.3) is 0 Å². The van der Waals surface area contributed by atoms with Gasteiger partial charge in [0.1, 0.15) is 0 Å². The summed E-state index contributed by atoms with van der Waals surface area (Å²) in [5.41, 5.74) is 5.52. The molecule has 0 bridgehead atoms. The van der Waals surface area contributed by atoms with Crippen molar-refractivity contribution in [2.75, 3.05) is 13.1 Å². The fraction of sp³-hybridized carbons (Fsp3) is 0.938. The van der Waals surface area contributed by atoms with E-state index in [0.29, 0.717) is 24.9 Å². The molecule has 1 aliphatic heterocycles. The van der Waals surface area contributed by atoms with Crippen LogP contribution < -0.4 is 5.73 Å². The molecule has 3 atom stereocenters. The largest absolute Gasteiger partial charge is 0.366 e. The number of rotatable bonds is 1. The quantitative estimate of drug-likeness (QED) is 0.802. The van der Waals surface area contributed by atoms with Crippen LogP contribution >= 0.6 is 0 Å². The minimum absolute atomic E-state index is 0.148. The second-order valence-corrected chi connectivity index (χ2v) is 7.97. The molecule has 2 fully saturated rings. The first-order valence-electron chi connectivity index (χ1n) is 7.84. The molecule has 1 heterocycles. The molecule has 0 aromatic heterocycles. The lowest BCUT2D eigenvalue weighted by Crippen LogP contribution is -2.60. The van der Waals surface area contributed by atoms with Crippen molar-refractivity contribution in [1.82, 2.24) is 4.90 Å². The van der Waals surface area contributed by atoms with Gasteiger partial charge in [0.2, 0.25) is 5.91 Å². The molecule has 4 nitrogen and oxygen atoms in total. The number of nitrogens with two attached hydrogens (primary N) is 1. The lowest BCUT2D eigenvalue weighted by atomic mass is 9.78. The number of carbonyl (C=O) groups is 1. The molecule has 2 N–H and O–H groups in total. The first kappa shape index (κ1) is 15.8. The van der Waals surface area contributed by atoms with Crippen LogP contribution in [0.3, 0.4) is 0 Å². The maximum Gasteiger partial charge on any atom is 0.225 e. The average Bonchev–Trinajstić information content (AvgIpc) is 2.27. The lowest BCUT2D eigenvalue weighted by Gasteiger charge is -2.48. The smallest absolute Gasteiger partial charge is 0.225 e. The van der Waals surface area contributed by atoms with Crippen LogP contribution in [-0.4, -0.2) is 41.1 Å². The van der Waals surface area contributed by atoms with Crippen molar-refractivity contribution in [3.8, 4) is 0 Å². The normalized spacial score (nSPS) is 36.7. The highest BCUT2D eigenvalue weighted by Gasteiger charge is 2.42. The molecule has 0 aromatic carbocycles. The molecular formula is C16H30N2O2. The summed E-state index contributed by atoms with van der Waals surface area (Å²) in [6.07, 6.45) is 2.83. The van der Waals surface area contributed by atoms with Crippen LogP contribution in [0.4, 0.5) is 0 Å². The van der Waals surface area contributed by atoms with E-state index in [9.17, 15) is 4.79 Å². The molecule has 3 unspecified atom stereocenters. The minimum Gasteiger partial charge on any atom is -0.366 e. The highest BCUT2D eigenvalue weighted by Crippen LogP contribution is 2.33. The molecule has 2 aliphatic rings. The van der Waals surface area contributed by atoms with Gasteiger partial charge in [-0.15, -0.1) is 0 Å². The van der Waals surface area contributed by atoms with Crippen LogP contribution in [0.15, 0.2) is 0 Å². The van der Waals surface area contributed by atoms with E-state index in [-0.39, 0.29) is 23.2 Å². The van der Waals surface area contributed by atoms with Gasteiger partial charge < -0.3 is 15.4 Å². The van der Waals surface area contributed by atoms with Gasteiger partial charge >= 0.3 is 0 Å². The number of hydrogen-bond donors (Lipinski definition) is 1. The Bertz CT molecular complexity index is 363. The molecule has 1 saturated carbocycles. The first-order valence-corrected chi connectivity index (χ1v) is 7.84. The monoisotopic (exact) mass is 282 g/mol. The Kier molecular flexibility index (Phi) is 4.18. The van der Waals surface area contributed by atoms with Gasteiger partial charge in [-0.2, -0.15) is 0 Å². The number of amides is 1. The molecule has 116 valence electrons. The fourth-order valence-electron chi connectivity index (χ4n) is 3.85. The SMILES string of the molecule is CC1CC(C(=O)N2CC(C)(C)OC(C)(C)C2)CCC1N. The predicted molar refractivity (Wildman–Crippen MR) is 80.3 cm³/mol. The van der Waals surface area contributed by atoms with Crippen LogP contribution in [0.5, 0.6) is 0 Å². The molecule has 1 saturated heterocycles. The van der Waals surface area contributed by atoms with E-state index in [2.05, 4.69) is 34.6 Å². The van der Waals surface area contributed by atoms with Crippen molar-refractivity contribution in [2.24, 2.45) is 17.6 Å². The van der Waals surface area contributed by atoms with Crippen molar-refractivity contribution < 1.29 is 9.53 Å². The summed E-state index contributed by atoms with van der Waals surface area (Å²) in [5.74, 6) is 0.891. The highest BCUT2D eigenvalue weighted by atomic mass is 16.5. The Morgan fingerprint density at radius 3 is 2.20 bits per heavy atom. The van der Waals surface area contributed by atoms with Crippen LogP contribution in [-0.2, 0) is 9.53 Å². The number of hydrogen-bond acceptors (Lipinski definition) is 3. The van der Waals surface area contributed by atoms with Gasteiger partial charge in [0.15, 0.2) is 0 Å². The Morgan fingerprint density at radius 2 is 1.70 bits per heavy atom. The van der Waals surface area contributed by atoms with Crippen molar-refractivity contribution in [3.63, 3.8) is 0 Å². The second kappa shape index (κ2) is 5.30.